The molecule has 0 aromatic heterocycles. The van der Waals surface area contributed by atoms with Crippen LogP contribution < -0.4 is 4.74 Å². The average Bonchev–Trinajstić information content (AvgIpc) is 2.45. The Morgan fingerprint density at radius 1 is 1.45 bits per heavy atom. The normalized spacial score (nSPS) is 14.4. The summed E-state index contributed by atoms with van der Waals surface area (Å²) in [7, 11) is 0. The maximum atomic E-state index is 5.43. The van der Waals surface area contributed by atoms with Gasteiger partial charge in [0, 0.05) is 15.6 Å². The molecule has 0 bridgehead atoms. The maximum absolute atomic E-state index is 5.43. The van der Waals surface area contributed by atoms with Crippen LogP contribution in [0.5, 0.6) is 5.75 Å². The van der Waals surface area contributed by atoms with Crippen molar-refractivity contribution < 1.29 is 4.74 Å². The van der Waals surface area contributed by atoms with Gasteiger partial charge in [0.15, 0.2) is 0 Å². The van der Waals surface area contributed by atoms with E-state index in [1.54, 1.807) is 0 Å². The molecule has 1 heterocycles. The molecule has 1 nitrogen and oxygen atoms in total. The van der Waals surface area contributed by atoms with Crippen molar-refractivity contribution in [3.63, 3.8) is 0 Å². The molecule has 0 radical (unpaired) electrons. The van der Waals surface area contributed by atoms with Crippen molar-refractivity contribution in [1.82, 2.24) is 0 Å². The van der Waals surface area contributed by atoms with Gasteiger partial charge in [-0.15, -0.1) is 0 Å². The Kier molecular flexibility index (Phi) is 1.79. The van der Waals surface area contributed by atoms with Crippen LogP contribution in [-0.2, 0) is 6.42 Å². The van der Waals surface area contributed by atoms with Crippen LogP contribution >= 0.6 is 22.6 Å². The van der Waals surface area contributed by atoms with Gasteiger partial charge in [-0.3, -0.25) is 0 Å². The third-order valence-corrected chi connectivity index (χ3v) is 3.27. The molecule has 2 rings (SSSR count). The summed E-state index contributed by atoms with van der Waals surface area (Å²) in [6.07, 6.45) is 1.08. The molecule has 1 aromatic rings. The van der Waals surface area contributed by atoms with Gasteiger partial charge in [0.25, 0.3) is 0 Å². The Hall–Kier alpha value is -0.250. The molecule has 0 saturated heterocycles. The molecule has 0 amide bonds. The summed E-state index contributed by atoms with van der Waals surface area (Å²) >= 11 is 2.36. The number of fused-ring (bicyclic) bond motifs is 1. The smallest absolute Gasteiger partial charge is 0.122 e. The van der Waals surface area contributed by atoms with Crippen molar-refractivity contribution >= 4 is 22.6 Å². The molecule has 0 unspecified atom stereocenters. The zero-order valence-corrected chi connectivity index (χ0v) is 8.51. The second-order valence-electron chi connectivity index (χ2n) is 2.75. The zero-order valence-electron chi connectivity index (χ0n) is 6.36. The molecule has 1 aromatic carbocycles. The van der Waals surface area contributed by atoms with E-state index in [9.17, 15) is 0 Å². The highest BCUT2D eigenvalue weighted by Crippen LogP contribution is 2.30. The van der Waals surface area contributed by atoms with E-state index in [1.165, 1.54) is 14.7 Å². The molecule has 0 N–H and O–H groups in total. The van der Waals surface area contributed by atoms with Gasteiger partial charge in [-0.2, -0.15) is 0 Å². The summed E-state index contributed by atoms with van der Waals surface area (Å²) < 4.78 is 6.77. The van der Waals surface area contributed by atoms with E-state index in [0.717, 1.165) is 18.8 Å². The SMILES string of the molecule is Cc1c(I)ccc2c1CCO2. The minimum absolute atomic E-state index is 0.857. The van der Waals surface area contributed by atoms with Crippen LogP contribution in [0.15, 0.2) is 12.1 Å². The summed E-state index contributed by atoms with van der Waals surface area (Å²) in [5, 5.41) is 0. The Balaban J connectivity index is 2.62. The first-order valence-electron chi connectivity index (χ1n) is 3.70. The topological polar surface area (TPSA) is 9.23 Å². The lowest BCUT2D eigenvalue weighted by atomic mass is 10.1. The summed E-state index contributed by atoms with van der Waals surface area (Å²) in [6, 6.07) is 4.18. The molecule has 0 fully saturated rings. The fourth-order valence-electron chi connectivity index (χ4n) is 1.41. The van der Waals surface area contributed by atoms with Crippen LogP contribution in [0, 0.1) is 10.5 Å². The summed E-state index contributed by atoms with van der Waals surface area (Å²) in [5.74, 6) is 1.09. The van der Waals surface area contributed by atoms with E-state index in [2.05, 4.69) is 41.6 Å². The van der Waals surface area contributed by atoms with Gasteiger partial charge in [-0.25, -0.2) is 0 Å². The second kappa shape index (κ2) is 2.66. The van der Waals surface area contributed by atoms with Crippen LogP contribution in [0.4, 0.5) is 0 Å². The predicted octanol–water partition coefficient (Wildman–Crippen LogP) is 2.53. The summed E-state index contributed by atoms with van der Waals surface area (Å²) in [6.45, 7) is 3.02. The number of benzene rings is 1. The largest absolute Gasteiger partial charge is 0.493 e. The molecular formula is C9H9IO. The standard InChI is InChI=1S/C9H9IO/c1-6-7-4-5-11-9(7)3-2-8(6)10/h2-3H,4-5H2,1H3. The van der Waals surface area contributed by atoms with Crippen molar-refractivity contribution in [3.05, 3.63) is 26.8 Å². The van der Waals surface area contributed by atoms with Crippen LogP contribution in [0.2, 0.25) is 0 Å². The summed E-state index contributed by atoms with van der Waals surface area (Å²) in [5.41, 5.74) is 2.79. The Morgan fingerprint density at radius 2 is 2.27 bits per heavy atom. The van der Waals surface area contributed by atoms with Gasteiger partial charge in [-0.05, 0) is 47.2 Å². The summed E-state index contributed by atoms with van der Waals surface area (Å²) in [4.78, 5) is 0. The molecule has 1 aliphatic heterocycles. The van der Waals surface area contributed by atoms with Crippen molar-refractivity contribution in [1.29, 1.82) is 0 Å². The van der Waals surface area contributed by atoms with E-state index in [-0.39, 0.29) is 0 Å². The molecule has 0 spiro atoms. The number of rotatable bonds is 0. The monoisotopic (exact) mass is 260 g/mol. The lowest BCUT2D eigenvalue weighted by Crippen LogP contribution is -1.87. The highest BCUT2D eigenvalue weighted by molar-refractivity contribution is 14.1. The van der Waals surface area contributed by atoms with E-state index in [1.807, 2.05) is 0 Å². The zero-order chi connectivity index (χ0) is 7.84. The van der Waals surface area contributed by atoms with E-state index >= 15 is 0 Å². The van der Waals surface area contributed by atoms with E-state index in [4.69, 9.17) is 4.74 Å². The minimum atomic E-state index is 0.857. The molecular weight excluding hydrogens is 251 g/mol. The van der Waals surface area contributed by atoms with Crippen LogP contribution in [0.25, 0.3) is 0 Å². The van der Waals surface area contributed by atoms with Crippen molar-refractivity contribution in [2.24, 2.45) is 0 Å². The molecule has 1 aliphatic rings. The first-order chi connectivity index (χ1) is 5.29. The Labute approximate surface area is 79.9 Å². The number of hydrogen-bond acceptors (Lipinski definition) is 1. The maximum Gasteiger partial charge on any atom is 0.122 e. The molecule has 0 saturated carbocycles. The second-order valence-corrected chi connectivity index (χ2v) is 3.91. The van der Waals surface area contributed by atoms with E-state index in [0.29, 0.717) is 0 Å². The molecule has 2 heteroatoms. The fraction of sp³-hybridized carbons (Fsp3) is 0.333. The fourth-order valence-corrected chi connectivity index (χ4v) is 1.92. The molecule has 0 atom stereocenters. The van der Waals surface area contributed by atoms with Crippen molar-refractivity contribution in [2.75, 3.05) is 6.61 Å². The number of ether oxygens (including phenoxy) is 1. The number of halogens is 1. The third kappa shape index (κ3) is 1.13. The molecule has 0 aliphatic carbocycles. The van der Waals surface area contributed by atoms with Gasteiger partial charge in [0.2, 0.25) is 0 Å². The van der Waals surface area contributed by atoms with Gasteiger partial charge >= 0.3 is 0 Å². The van der Waals surface area contributed by atoms with Crippen molar-refractivity contribution in [2.45, 2.75) is 13.3 Å². The first-order valence-corrected chi connectivity index (χ1v) is 4.77. The lowest BCUT2D eigenvalue weighted by Gasteiger charge is -2.03. The first kappa shape index (κ1) is 7.40. The average molecular weight is 260 g/mol. The Morgan fingerprint density at radius 3 is 3.09 bits per heavy atom. The number of hydrogen-bond donors (Lipinski definition) is 0. The molecule has 58 valence electrons. The minimum Gasteiger partial charge on any atom is -0.493 e. The Bertz CT molecular complexity index is 294. The van der Waals surface area contributed by atoms with Gasteiger partial charge in [0.1, 0.15) is 5.75 Å². The van der Waals surface area contributed by atoms with Gasteiger partial charge in [0.05, 0.1) is 6.61 Å². The van der Waals surface area contributed by atoms with Crippen LogP contribution in [-0.4, -0.2) is 6.61 Å². The highest BCUT2D eigenvalue weighted by atomic mass is 127. The third-order valence-electron chi connectivity index (χ3n) is 2.10. The van der Waals surface area contributed by atoms with Crippen LogP contribution in [0.1, 0.15) is 11.1 Å². The molecule has 11 heavy (non-hydrogen) atoms. The predicted molar refractivity (Wildman–Crippen MR) is 53.1 cm³/mol. The van der Waals surface area contributed by atoms with Gasteiger partial charge in [-0.1, -0.05) is 0 Å². The van der Waals surface area contributed by atoms with Crippen LogP contribution in [0.3, 0.4) is 0 Å². The van der Waals surface area contributed by atoms with Gasteiger partial charge < -0.3 is 4.74 Å². The van der Waals surface area contributed by atoms with Crippen molar-refractivity contribution in [3.8, 4) is 5.75 Å². The quantitative estimate of drug-likeness (QED) is 0.651. The lowest BCUT2D eigenvalue weighted by molar-refractivity contribution is 0.357. The highest BCUT2D eigenvalue weighted by Gasteiger charge is 2.14. The van der Waals surface area contributed by atoms with E-state index < -0.39 is 0 Å².